The molecular weight excluding hydrogens is 322 g/mol. The van der Waals surface area contributed by atoms with Crippen LogP contribution in [0.4, 0.5) is 0 Å². The molecule has 2 N–H and O–H groups in total. The number of nitrogens with two attached hydrogens (primary N) is 1. The molecule has 0 radical (unpaired) electrons. The molecule has 0 spiro atoms. The maximum atomic E-state index is 12.7. The van der Waals surface area contributed by atoms with E-state index in [1.165, 1.54) is 6.20 Å². The predicted molar refractivity (Wildman–Crippen MR) is 90.3 cm³/mol. The van der Waals surface area contributed by atoms with Gasteiger partial charge in [-0.2, -0.15) is 0 Å². The Hall–Kier alpha value is -2.93. The normalized spacial score (nSPS) is 17.2. The number of morpholine rings is 1. The third-order valence-electron chi connectivity index (χ3n) is 4.09. The maximum absolute atomic E-state index is 12.7. The topological polar surface area (TPSA) is 94.7 Å². The summed E-state index contributed by atoms with van der Waals surface area (Å²) in [5.74, 6) is 0.111. The van der Waals surface area contributed by atoms with Gasteiger partial charge in [-0.3, -0.25) is 14.6 Å². The number of rotatable bonds is 4. The molecule has 2 heterocycles. The minimum absolute atomic E-state index is 0.0651. The molecule has 1 aromatic carbocycles. The summed E-state index contributed by atoms with van der Waals surface area (Å²) in [5.41, 5.74) is 6.82. The lowest BCUT2D eigenvalue weighted by Gasteiger charge is -2.32. The lowest BCUT2D eigenvalue weighted by molar-refractivity contribution is -0.0247. The van der Waals surface area contributed by atoms with Crippen LogP contribution in [-0.2, 0) is 4.74 Å². The molecule has 1 unspecified atom stereocenters. The Morgan fingerprint density at radius 1 is 1.20 bits per heavy atom. The number of primary amides is 1. The number of methoxy groups -OCH3 is 1. The second-order valence-corrected chi connectivity index (χ2v) is 5.68. The number of carbonyl (C=O) groups is 2. The van der Waals surface area contributed by atoms with Crippen molar-refractivity contribution in [2.75, 3.05) is 26.8 Å². The first-order chi connectivity index (χ1) is 12.1. The van der Waals surface area contributed by atoms with E-state index in [9.17, 15) is 9.59 Å². The first-order valence-corrected chi connectivity index (χ1v) is 7.89. The largest absolute Gasteiger partial charge is 0.497 e. The minimum atomic E-state index is -0.528. The van der Waals surface area contributed by atoms with Crippen molar-refractivity contribution < 1.29 is 19.1 Å². The van der Waals surface area contributed by atoms with Crippen LogP contribution in [0.15, 0.2) is 42.6 Å². The number of amides is 2. The summed E-state index contributed by atoms with van der Waals surface area (Å²) in [6.45, 7) is 1.33. The summed E-state index contributed by atoms with van der Waals surface area (Å²) in [4.78, 5) is 29.8. The van der Waals surface area contributed by atoms with E-state index in [-0.39, 0.29) is 12.0 Å². The van der Waals surface area contributed by atoms with Gasteiger partial charge in [0.25, 0.3) is 5.91 Å². The summed E-state index contributed by atoms with van der Waals surface area (Å²) in [5, 5.41) is 0. The molecular formula is C18H19N3O4. The monoisotopic (exact) mass is 341 g/mol. The summed E-state index contributed by atoms with van der Waals surface area (Å²) < 4.78 is 10.8. The highest BCUT2D eigenvalue weighted by atomic mass is 16.5. The Morgan fingerprint density at radius 3 is 2.52 bits per heavy atom. The van der Waals surface area contributed by atoms with Crippen LogP contribution < -0.4 is 10.5 Å². The van der Waals surface area contributed by atoms with Crippen LogP contribution in [-0.4, -0.2) is 48.5 Å². The number of nitrogens with zero attached hydrogens (tertiary/aromatic N) is 2. The summed E-state index contributed by atoms with van der Waals surface area (Å²) in [7, 11) is 1.58. The third-order valence-corrected chi connectivity index (χ3v) is 4.09. The van der Waals surface area contributed by atoms with Crippen molar-refractivity contribution in [1.82, 2.24) is 9.88 Å². The van der Waals surface area contributed by atoms with Crippen molar-refractivity contribution in [2.24, 2.45) is 5.73 Å². The van der Waals surface area contributed by atoms with Gasteiger partial charge in [0.15, 0.2) is 0 Å². The fraction of sp³-hybridized carbons (Fsp3) is 0.278. The van der Waals surface area contributed by atoms with Gasteiger partial charge in [-0.25, -0.2) is 0 Å². The van der Waals surface area contributed by atoms with Gasteiger partial charge in [0, 0.05) is 18.3 Å². The minimum Gasteiger partial charge on any atom is -0.497 e. The van der Waals surface area contributed by atoms with Crippen LogP contribution in [0.2, 0.25) is 0 Å². The highest BCUT2D eigenvalue weighted by molar-refractivity contribution is 5.94. The molecule has 1 atom stereocenters. The Bertz CT molecular complexity index is 759. The second kappa shape index (κ2) is 7.31. The van der Waals surface area contributed by atoms with Crippen molar-refractivity contribution in [3.8, 4) is 5.75 Å². The molecule has 1 saturated heterocycles. The van der Waals surface area contributed by atoms with Gasteiger partial charge in [0.1, 0.15) is 11.9 Å². The fourth-order valence-corrected chi connectivity index (χ4v) is 2.67. The van der Waals surface area contributed by atoms with Gasteiger partial charge in [-0.05, 0) is 36.4 Å². The fourth-order valence-electron chi connectivity index (χ4n) is 2.67. The van der Waals surface area contributed by atoms with Crippen LogP contribution in [0.5, 0.6) is 5.75 Å². The van der Waals surface area contributed by atoms with Crippen molar-refractivity contribution in [2.45, 2.75) is 6.10 Å². The number of hydrogen-bond acceptors (Lipinski definition) is 5. The molecule has 7 nitrogen and oxygen atoms in total. The quantitative estimate of drug-likeness (QED) is 0.907. The molecule has 2 aromatic rings. The van der Waals surface area contributed by atoms with E-state index in [4.69, 9.17) is 15.2 Å². The number of carbonyl (C=O) groups excluding carboxylic acids is 2. The van der Waals surface area contributed by atoms with Gasteiger partial charge < -0.3 is 20.1 Å². The molecule has 1 aliphatic rings. The number of aromatic nitrogens is 1. The summed E-state index contributed by atoms with van der Waals surface area (Å²) in [6.07, 6.45) is 1.09. The predicted octanol–water partition coefficient (Wildman–Crippen LogP) is 1.40. The Labute approximate surface area is 145 Å². The number of hydrogen-bond donors (Lipinski definition) is 1. The van der Waals surface area contributed by atoms with Crippen molar-refractivity contribution in [3.63, 3.8) is 0 Å². The van der Waals surface area contributed by atoms with Crippen LogP contribution >= 0.6 is 0 Å². The Kier molecular flexibility index (Phi) is 4.95. The Balaban J connectivity index is 1.71. The zero-order valence-corrected chi connectivity index (χ0v) is 13.8. The van der Waals surface area contributed by atoms with E-state index in [0.717, 1.165) is 0 Å². The van der Waals surface area contributed by atoms with Crippen molar-refractivity contribution in [3.05, 3.63) is 59.4 Å². The van der Waals surface area contributed by atoms with Crippen LogP contribution in [0.1, 0.15) is 32.5 Å². The zero-order chi connectivity index (χ0) is 17.8. The molecule has 3 rings (SSSR count). The number of pyridine rings is 1. The smallest absolute Gasteiger partial charge is 0.254 e. The van der Waals surface area contributed by atoms with Gasteiger partial charge >= 0.3 is 0 Å². The van der Waals surface area contributed by atoms with Gasteiger partial charge in [0.05, 0.1) is 31.5 Å². The third kappa shape index (κ3) is 3.77. The highest BCUT2D eigenvalue weighted by Gasteiger charge is 2.27. The summed E-state index contributed by atoms with van der Waals surface area (Å²) in [6, 6.07) is 10.3. The molecule has 7 heteroatoms. The van der Waals surface area contributed by atoms with E-state index < -0.39 is 5.91 Å². The molecule has 0 saturated carbocycles. The standard InChI is InChI=1S/C18H19N3O4/c1-24-14-5-2-12(3-6-14)18(23)21-8-9-25-16(11-21)15-7-4-13(10-20-15)17(19)22/h2-7,10,16H,8-9,11H2,1H3,(H2,19,22). The van der Waals surface area contributed by atoms with Gasteiger partial charge in [-0.15, -0.1) is 0 Å². The molecule has 1 aromatic heterocycles. The van der Waals surface area contributed by atoms with Crippen LogP contribution in [0, 0.1) is 0 Å². The number of ether oxygens (including phenoxy) is 2. The molecule has 130 valence electrons. The van der Waals surface area contributed by atoms with Gasteiger partial charge in [0.2, 0.25) is 5.91 Å². The lowest BCUT2D eigenvalue weighted by atomic mass is 10.1. The van der Waals surface area contributed by atoms with E-state index in [1.54, 1.807) is 48.4 Å². The number of benzene rings is 1. The van der Waals surface area contributed by atoms with E-state index in [2.05, 4.69) is 4.98 Å². The van der Waals surface area contributed by atoms with Gasteiger partial charge in [-0.1, -0.05) is 0 Å². The van der Waals surface area contributed by atoms with Crippen LogP contribution in [0.3, 0.4) is 0 Å². The van der Waals surface area contributed by atoms with E-state index in [0.29, 0.717) is 42.3 Å². The SMILES string of the molecule is COc1ccc(C(=O)N2CCOC(c3ccc(C(N)=O)cn3)C2)cc1. The highest BCUT2D eigenvalue weighted by Crippen LogP contribution is 2.22. The summed E-state index contributed by atoms with van der Waals surface area (Å²) >= 11 is 0. The molecule has 0 aliphatic carbocycles. The molecule has 25 heavy (non-hydrogen) atoms. The molecule has 0 bridgehead atoms. The molecule has 1 aliphatic heterocycles. The van der Waals surface area contributed by atoms with Crippen LogP contribution in [0.25, 0.3) is 0 Å². The first kappa shape index (κ1) is 16.9. The van der Waals surface area contributed by atoms with E-state index >= 15 is 0 Å². The lowest BCUT2D eigenvalue weighted by Crippen LogP contribution is -2.42. The first-order valence-electron chi connectivity index (χ1n) is 7.89. The Morgan fingerprint density at radius 2 is 1.92 bits per heavy atom. The zero-order valence-electron chi connectivity index (χ0n) is 13.8. The van der Waals surface area contributed by atoms with Crippen molar-refractivity contribution in [1.29, 1.82) is 0 Å². The van der Waals surface area contributed by atoms with E-state index in [1.807, 2.05) is 0 Å². The molecule has 1 fully saturated rings. The second-order valence-electron chi connectivity index (χ2n) is 5.68. The average molecular weight is 341 g/mol. The maximum Gasteiger partial charge on any atom is 0.254 e. The van der Waals surface area contributed by atoms with Crippen molar-refractivity contribution >= 4 is 11.8 Å². The molecule has 2 amide bonds. The average Bonchev–Trinajstić information content (AvgIpc) is 2.67.